The molecule has 4 fully saturated rings. The molecule has 1 aromatic heterocycles. The van der Waals surface area contributed by atoms with E-state index in [9.17, 15) is 9.59 Å². The second-order valence-electron chi connectivity index (χ2n) is 10.3. The molecular weight excluding hydrogens is 404 g/mol. The van der Waals surface area contributed by atoms with E-state index >= 15 is 0 Å². The molecule has 1 heterocycles. The van der Waals surface area contributed by atoms with Gasteiger partial charge in [0, 0.05) is 7.05 Å². The van der Waals surface area contributed by atoms with Crippen molar-refractivity contribution in [1.82, 2.24) is 10.2 Å². The van der Waals surface area contributed by atoms with Crippen LogP contribution in [0.2, 0.25) is 0 Å². The van der Waals surface area contributed by atoms with Crippen LogP contribution in [0, 0.1) is 17.3 Å². The highest BCUT2D eigenvalue weighted by atomic mass is 16.5. The molecule has 32 heavy (non-hydrogen) atoms. The predicted octanol–water partition coefficient (Wildman–Crippen LogP) is 3.90. The highest BCUT2D eigenvalue weighted by molar-refractivity contribution is 5.88. The Labute approximate surface area is 189 Å². The molecule has 4 saturated carbocycles. The summed E-state index contributed by atoms with van der Waals surface area (Å²) < 4.78 is 10.6. The van der Waals surface area contributed by atoms with Gasteiger partial charge in [0.05, 0.1) is 31.9 Å². The van der Waals surface area contributed by atoms with Gasteiger partial charge in [-0.25, -0.2) is 0 Å². The Hall–Kier alpha value is -2.76. The van der Waals surface area contributed by atoms with Gasteiger partial charge in [-0.2, -0.15) is 0 Å². The third kappa shape index (κ3) is 3.70. The SMILES string of the molecule is COc1ccc(C23C[C@H]4C[C@@H](CC(C(=O)N(C)CC(=O)NCc5ccco5)(C4)C2)C3)cc1. The number of methoxy groups -OCH3 is 1. The maximum atomic E-state index is 13.7. The Balaban J connectivity index is 1.31. The van der Waals surface area contributed by atoms with Gasteiger partial charge in [-0.1, -0.05) is 12.1 Å². The Kier molecular flexibility index (Phi) is 5.26. The molecule has 6 rings (SSSR count). The summed E-state index contributed by atoms with van der Waals surface area (Å²) in [7, 11) is 3.46. The summed E-state index contributed by atoms with van der Waals surface area (Å²) in [6.45, 7) is 0.413. The Morgan fingerprint density at radius 2 is 1.84 bits per heavy atom. The Bertz CT molecular complexity index is 968. The highest BCUT2D eigenvalue weighted by Crippen LogP contribution is 2.66. The van der Waals surface area contributed by atoms with E-state index in [0.29, 0.717) is 24.1 Å². The number of ether oxygens (including phenoxy) is 1. The lowest BCUT2D eigenvalue weighted by Gasteiger charge is -2.62. The maximum Gasteiger partial charge on any atom is 0.239 e. The van der Waals surface area contributed by atoms with E-state index < -0.39 is 0 Å². The van der Waals surface area contributed by atoms with Crippen molar-refractivity contribution in [3.8, 4) is 5.75 Å². The zero-order chi connectivity index (χ0) is 22.3. The fourth-order valence-electron chi connectivity index (χ4n) is 7.14. The number of rotatable bonds is 7. The molecule has 0 radical (unpaired) electrons. The van der Waals surface area contributed by atoms with Gasteiger partial charge in [0.25, 0.3) is 0 Å². The Morgan fingerprint density at radius 1 is 1.12 bits per heavy atom. The molecule has 2 aromatic rings. The summed E-state index contributed by atoms with van der Waals surface area (Å²) in [6.07, 6.45) is 7.95. The number of hydrogen-bond donors (Lipinski definition) is 1. The number of nitrogens with one attached hydrogen (secondary N) is 1. The molecule has 4 aliphatic carbocycles. The number of carbonyl (C=O) groups is 2. The summed E-state index contributed by atoms with van der Waals surface area (Å²) >= 11 is 0. The molecule has 6 heteroatoms. The van der Waals surface area contributed by atoms with Crippen molar-refractivity contribution in [2.75, 3.05) is 20.7 Å². The third-order valence-electron chi connectivity index (χ3n) is 7.98. The second-order valence-corrected chi connectivity index (χ2v) is 10.3. The topological polar surface area (TPSA) is 71.8 Å². The molecule has 0 unspecified atom stereocenters. The zero-order valence-corrected chi connectivity index (χ0v) is 18.9. The average Bonchev–Trinajstić information content (AvgIpc) is 3.30. The average molecular weight is 437 g/mol. The molecule has 170 valence electrons. The maximum absolute atomic E-state index is 13.7. The second kappa shape index (κ2) is 7.98. The van der Waals surface area contributed by atoms with Gasteiger partial charge in [-0.15, -0.1) is 0 Å². The van der Waals surface area contributed by atoms with Crippen LogP contribution in [0.25, 0.3) is 0 Å². The van der Waals surface area contributed by atoms with Crippen molar-refractivity contribution in [3.63, 3.8) is 0 Å². The van der Waals surface area contributed by atoms with Gasteiger partial charge in [0.2, 0.25) is 11.8 Å². The van der Waals surface area contributed by atoms with E-state index in [1.807, 2.05) is 18.2 Å². The summed E-state index contributed by atoms with van der Waals surface area (Å²) in [4.78, 5) is 27.9. The van der Waals surface area contributed by atoms with Crippen LogP contribution in [0.15, 0.2) is 47.1 Å². The summed E-state index contributed by atoms with van der Waals surface area (Å²) in [5, 5.41) is 2.85. The van der Waals surface area contributed by atoms with E-state index in [2.05, 4.69) is 17.4 Å². The number of likely N-dealkylation sites (N-methyl/N-ethyl adjacent to an activating group) is 1. The summed E-state index contributed by atoms with van der Waals surface area (Å²) in [6, 6.07) is 12.1. The van der Waals surface area contributed by atoms with E-state index in [1.165, 1.54) is 12.0 Å². The first-order valence-corrected chi connectivity index (χ1v) is 11.6. The molecule has 4 aliphatic rings. The van der Waals surface area contributed by atoms with Crippen LogP contribution in [0.5, 0.6) is 5.75 Å². The molecule has 0 saturated heterocycles. The van der Waals surface area contributed by atoms with E-state index in [0.717, 1.165) is 37.9 Å². The lowest BCUT2D eigenvalue weighted by Crippen LogP contribution is -2.59. The van der Waals surface area contributed by atoms with Crippen LogP contribution in [-0.4, -0.2) is 37.4 Å². The van der Waals surface area contributed by atoms with Crippen LogP contribution in [0.3, 0.4) is 0 Å². The lowest BCUT2D eigenvalue weighted by molar-refractivity contribution is -0.160. The molecule has 0 spiro atoms. The predicted molar refractivity (Wildman–Crippen MR) is 120 cm³/mol. The number of nitrogens with zero attached hydrogens (tertiary/aromatic N) is 1. The normalized spacial score (nSPS) is 30.2. The van der Waals surface area contributed by atoms with Crippen LogP contribution in [0.1, 0.15) is 49.8 Å². The monoisotopic (exact) mass is 436 g/mol. The quantitative estimate of drug-likeness (QED) is 0.715. The van der Waals surface area contributed by atoms with Gasteiger partial charge in [0.15, 0.2) is 0 Å². The van der Waals surface area contributed by atoms with E-state index in [1.54, 1.807) is 31.4 Å². The molecule has 1 N–H and O–H groups in total. The van der Waals surface area contributed by atoms with Crippen molar-refractivity contribution < 1.29 is 18.7 Å². The van der Waals surface area contributed by atoms with Gasteiger partial charge < -0.3 is 19.4 Å². The summed E-state index contributed by atoms with van der Waals surface area (Å²) in [5.41, 5.74) is 1.05. The van der Waals surface area contributed by atoms with Crippen molar-refractivity contribution in [3.05, 3.63) is 54.0 Å². The minimum Gasteiger partial charge on any atom is -0.497 e. The molecule has 1 aromatic carbocycles. The van der Waals surface area contributed by atoms with Gasteiger partial charge in [-0.3, -0.25) is 9.59 Å². The van der Waals surface area contributed by atoms with Crippen LogP contribution in [0.4, 0.5) is 0 Å². The molecule has 2 atom stereocenters. The number of amides is 2. The lowest BCUT2D eigenvalue weighted by atomic mass is 9.42. The van der Waals surface area contributed by atoms with Crippen LogP contribution >= 0.6 is 0 Å². The zero-order valence-electron chi connectivity index (χ0n) is 18.9. The van der Waals surface area contributed by atoms with Crippen molar-refractivity contribution in [2.45, 2.75) is 50.5 Å². The number of hydrogen-bond acceptors (Lipinski definition) is 4. The van der Waals surface area contributed by atoms with Crippen molar-refractivity contribution >= 4 is 11.8 Å². The number of furan rings is 1. The third-order valence-corrected chi connectivity index (χ3v) is 7.98. The molecule has 6 nitrogen and oxygen atoms in total. The fourth-order valence-corrected chi connectivity index (χ4v) is 7.14. The minimum atomic E-state index is -0.347. The van der Waals surface area contributed by atoms with Gasteiger partial charge >= 0.3 is 0 Å². The minimum absolute atomic E-state index is 0.0639. The smallest absolute Gasteiger partial charge is 0.239 e. The largest absolute Gasteiger partial charge is 0.497 e. The van der Waals surface area contributed by atoms with Crippen LogP contribution < -0.4 is 10.1 Å². The number of carbonyl (C=O) groups excluding carboxylic acids is 2. The number of benzene rings is 1. The van der Waals surface area contributed by atoms with Crippen LogP contribution in [-0.2, 0) is 21.5 Å². The van der Waals surface area contributed by atoms with Crippen molar-refractivity contribution in [2.24, 2.45) is 17.3 Å². The summed E-state index contributed by atoms with van der Waals surface area (Å²) in [5.74, 6) is 2.72. The van der Waals surface area contributed by atoms with Gasteiger partial charge in [-0.05, 0) is 85.6 Å². The van der Waals surface area contributed by atoms with E-state index in [4.69, 9.17) is 9.15 Å². The first-order valence-electron chi connectivity index (χ1n) is 11.6. The standard InChI is InChI=1S/C26H32N2O4/c1-28(16-23(29)27-15-22-4-3-9-32-22)24(30)26-13-18-10-19(14-26)12-25(11-18,17-26)20-5-7-21(31-2)8-6-20/h3-9,18-19H,10-17H2,1-2H3,(H,27,29)/t18-,19-,25?,26?/m1/s1. The van der Waals surface area contributed by atoms with Crippen molar-refractivity contribution in [1.29, 1.82) is 0 Å². The highest BCUT2D eigenvalue weighted by Gasteiger charge is 2.61. The molecule has 2 amide bonds. The van der Waals surface area contributed by atoms with E-state index in [-0.39, 0.29) is 29.2 Å². The molecule has 4 bridgehead atoms. The fraction of sp³-hybridized carbons (Fsp3) is 0.538. The first kappa shape index (κ1) is 21.1. The molecule has 0 aliphatic heterocycles. The Morgan fingerprint density at radius 3 is 2.47 bits per heavy atom. The molecular formula is C26H32N2O4. The van der Waals surface area contributed by atoms with Gasteiger partial charge in [0.1, 0.15) is 11.5 Å². The first-order chi connectivity index (χ1) is 15.4.